The van der Waals surface area contributed by atoms with E-state index in [0.29, 0.717) is 24.5 Å². The van der Waals surface area contributed by atoms with Crippen molar-refractivity contribution in [3.8, 4) is 0 Å². The number of carbonyl (C=O) groups excluding carboxylic acids is 2. The molecule has 0 saturated carbocycles. The zero-order valence-electron chi connectivity index (χ0n) is 18.7. The molecule has 2 amide bonds. The number of nitrogens with zero attached hydrogens (tertiary/aromatic N) is 5. The van der Waals surface area contributed by atoms with E-state index in [1.165, 1.54) is 4.90 Å². The fourth-order valence-corrected chi connectivity index (χ4v) is 4.49. The van der Waals surface area contributed by atoms with Crippen molar-refractivity contribution in [1.29, 1.82) is 0 Å². The van der Waals surface area contributed by atoms with Crippen LogP contribution in [-0.2, 0) is 33.9 Å². The third-order valence-electron chi connectivity index (χ3n) is 6.34. The Hall–Kier alpha value is -3.41. The van der Waals surface area contributed by atoms with Crippen molar-refractivity contribution in [3.63, 3.8) is 0 Å². The highest BCUT2D eigenvalue weighted by molar-refractivity contribution is 5.96. The van der Waals surface area contributed by atoms with Crippen LogP contribution in [0.1, 0.15) is 24.6 Å². The maximum absolute atomic E-state index is 13.6. The minimum absolute atomic E-state index is 0.0203. The van der Waals surface area contributed by atoms with Crippen molar-refractivity contribution < 1.29 is 32.7 Å². The Morgan fingerprint density at radius 1 is 1.21 bits per heavy atom. The Labute approximate surface area is 193 Å². The number of rotatable bonds is 6. The van der Waals surface area contributed by atoms with Gasteiger partial charge in [-0.05, 0) is 31.7 Å². The molecule has 2 aromatic rings. The van der Waals surface area contributed by atoms with E-state index >= 15 is 0 Å². The average Bonchev–Trinajstić information content (AvgIpc) is 3.33. The molecule has 1 saturated heterocycles. The van der Waals surface area contributed by atoms with E-state index in [-0.39, 0.29) is 49.5 Å². The molecule has 1 aromatic heterocycles. The van der Waals surface area contributed by atoms with Gasteiger partial charge in [-0.2, -0.15) is 5.10 Å². The normalized spacial score (nSPS) is 20.2. The summed E-state index contributed by atoms with van der Waals surface area (Å²) in [6.45, 7) is 2.39. The summed E-state index contributed by atoms with van der Waals surface area (Å²) in [5.41, 5.74) is 1.20. The number of aromatic nitrogens is 2. The fourth-order valence-electron chi connectivity index (χ4n) is 4.49. The lowest BCUT2D eigenvalue weighted by atomic mass is 10.1. The predicted octanol–water partition coefficient (Wildman–Crippen LogP) is 1.40. The predicted molar refractivity (Wildman–Crippen MR) is 113 cm³/mol. The van der Waals surface area contributed by atoms with Crippen LogP contribution < -0.4 is 4.90 Å². The van der Waals surface area contributed by atoms with Gasteiger partial charge in [0, 0.05) is 25.0 Å². The summed E-state index contributed by atoms with van der Waals surface area (Å²) >= 11 is 0. The summed E-state index contributed by atoms with van der Waals surface area (Å²) in [5.74, 6) is -5.86. The fraction of sp³-hybridized carbons (Fsp3) is 0.455. The van der Waals surface area contributed by atoms with Crippen molar-refractivity contribution in [2.75, 3.05) is 25.0 Å². The maximum Gasteiger partial charge on any atom is 0.317 e. The van der Waals surface area contributed by atoms with Gasteiger partial charge in [-0.1, -0.05) is 0 Å². The molecule has 2 atom stereocenters. The number of carboxylic acids is 1. The van der Waals surface area contributed by atoms with Crippen LogP contribution in [0.5, 0.6) is 0 Å². The molecule has 12 heteroatoms. The number of anilines is 1. The van der Waals surface area contributed by atoms with Gasteiger partial charge < -0.3 is 14.9 Å². The Kier molecular flexibility index (Phi) is 6.34. The molecule has 2 aliphatic heterocycles. The van der Waals surface area contributed by atoms with E-state index < -0.39 is 29.3 Å². The summed E-state index contributed by atoms with van der Waals surface area (Å²) in [7, 11) is 1.65. The van der Waals surface area contributed by atoms with Crippen molar-refractivity contribution >= 4 is 23.5 Å². The van der Waals surface area contributed by atoms with Crippen molar-refractivity contribution in [1.82, 2.24) is 19.6 Å². The SMILES string of the molecule is C[C@H]1Cn2ncc(N3CC(N(C)CC(=O)O)CC3=O)c2CN1C(=O)Cc1cc(F)c(F)c(F)c1. The first-order chi connectivity index (χ1) is 16.0. The summed E-state index contributed by atoms with van der Waals surface area (Å²) in [6.07, 6.45) is 1.40. The molecule has 4 rings (SSSR count). The molecule has 0 spiro atoms. The molecule has 9 nitrogen and oxygen atoms in total. The summed E-state index contributed by atoms with van der Waals surface area (Å²) < 4.78 is 42.1. The quantitative estimate of drug-likeness (QED) is 0.629. The number of hydrogen-bond donors (Lipinski definition) is 1. The van der Waals surface area contributed by atoms with E-state index in [4.69, 9.17) is 5.11 Å². The van der Waals surface area contributed by atoms with Gasteiger partial charge in [0.25, 0.3) is 0 Å². The van der Waals surface area contributed by atoms with Gasteiger partial charge in [0.2, 0.25) is 11.8 Å². The minimum Gasteiger partial charge on any atom is -0.480 e. The second kappa shape index (κ2) is 9.09. The van der Waals surface area contributed by atoms with E-state index in [0.717, 1.165) is 12.1 Å². The van der Waals surface area contributed by atoms with Gasteiger partial charge >= 0.3 is 5.97 Å². The largest absolute Gasteiger partial charge is 0.480 e. The molecule has 182 valence electrons. The molecule has 2 aliphatic rings. The number of likely N-dealkylation sites (N-methyl/N-ethyl adjacent to an activating group) is 1. The lowest BCUT2D eigenvalue weighted by Gasteiger charge is -2.35. The van der Waals surface area contributed by atoms with Crippen LogP contribution in [0, 0.1) is 17.5 Å². The second-order valence-electron chi connectivity index (χ2n) is 8.75. The molecule has 1 N–H and O–H groups in total. The number of halogens is 3. The van der Waals surface area contributed by atoms with Gasteiger partial charge in [-0.25, -0.2) is 13.2 Å². The number of hydrogen-bond acceptors (Lipinski definition) is 5. The number of carboxylic acid groups (broad SMARTS) is 1. The van der Waals surface area contributed by atoms with Crippen LogP contribution >= 0.6 is 0 Å². The monoisotopic (exact) mass is 479 g/mol. The lowest BCUT2D eigenvalue weighted by molar-refractivity contribution is -0.138. The zero-order chi connectivity index (χ0) is 24.7. The third-order valence-corrected chi connectivity index (χ3v) is 6.34. The number of aliphatic carboxylic acids is 1. The van der Waals surface area contributed by atoms with Gasteiger partial charge in [0.05, 0.1) is 43.6 Å². The molecule has 0 aliphatic carbocycles. The first kappa shape index (κ1) is 23.7. The minimum atomic E-state index is -1.58. The van der Waals surface area contributed by atoms with E-state index in [1.54, 1.807) is 27.7 Å². The van der Waals surface area contributed by atoms with Gasteiger partial charge in [-0.15, -0.1) is 0 Å². The van der Waals surface area contributed by atoms with Crippen molar-refractivity contribution in [2.24, 2.45) is 0 Å². The standard InChI is InChI=1S/C22H24F3N5O4/c1-12-8-30-18(10-28(12)19(31)5-13-3-15(23)22(25)16(24)4-13)17(7-26-30)29-9-14(6-20(29)32)27(2)11-21(33)34/h3-4,7,12,14H,5-6,8-11H2,1-2H3,(H,33,34)/t12-,14?/m0/s1. The lowest BCUT2D eigenvalue weighted by Crippen LogP contribution is -2.46. The van der Waals surface area contributed by atoms with Crippen LogP contribution in [0.4, 0.5) is 18.9 Å². The summed E-state index contributed by atoms with van der Waals surface area (Å²) in [6, 6.07) is 1.06. The van der Waals surface area contributed by atoms with Crippen LogP contribution in [0.25, 0.3) is 0 Å². The number of fused-ring (bicyclic) bond motifs is 1. The highest BCUT2D eigenvalue weighted by Gasteiger charge is 2.38. The molecule has 34 heavy (non-hydrogen) atoms. The Bertz CT molecular complexity index is 1130. The van der Waals surface area contributed by atoms with Gasteiger partial charge in [-0.3, -0.25) is 24.0 Å². The number of benzene rings is 1. The zero-order valence-corrected chi connectivity index (χ0v) is 18.7. The highest BCUT2D eigenvalue weighted by atomic mass is 19.2. The topological polar surface area (TPSA) is 99.0 Å². The van der Waals surface area contributed by atoms with Gasteiger partial charge in [0.1, 0.15) is 0 Å². The maximum atomic E-state index is 13.6. The summed E-state index contributed by atoms with van der Waals surface area (Å²) in [5, 5.41) is 13.4. The van der Waals surface area contributed by atoms with Crippen molar-refractivity contribution in [3.05, 3.63) is 47.0 Å². The van der Waals surface area contributed by atoms with Crippen LogP contribution in [0.15, 0.2) is 18.3 Å². The Balaban J connectivity index is 1.52. The average molecular weight is 479 g/mol. The highest BCUT2D eigenvalue weighted by Crippen LogP contribution is 2.31. The third kappa shape index (κ3) is 4.49. The van der Waals surface area contributed by atoms with Crippen LogP contribution in [0.3, 0.4) is 0 Å². The Morgan fingerprint density at radius 2 is 1.88 bits per heavy atom. The van der Waals surface area contributed by atoms with E-state index in [2.05, 4.69) is 5.10 Å². The Morgan fingerprint density at radius 3 is 2.53 bits per heavy atom. The number of carbonyl (C=O) groups is 3. The van der Waals surface area contributed by atoms with Crippen LogP contribution in [-0.4, -0.2) is 74.7 Å². The van der Waals surface area contributed by atoms with Gasteiger partial charge in [0.15, 0.2) is 17.5 Å². The molecule has 1 unspecified atom stereocenters. The molecular formula is C22H24F3N5O4. The first-order valence-electron chi connectivity index (χ1n) is 10.7. The molecule has 1 fully saturated rings. The van der Waals surface area contributed by atoms with Crippen molar-refractivity contribution in [2.45, 2.75) is 44.9 Å². The first-order valence-corrected chi connectivity index (χ1v) is 10.7. The van der Waals surface area contributed by atoms with E-state index in [9.17, 15) is 27.6 Å². The summed E-state index contributed by atoms with van der Waals surface area (Å²) in [4.78, 5) is 41.4. The molecular weight excluding hydrogens is 455 g/mol. The molecule has 0 radical (unpaired) electrons. The molecule has 3 heterocycles. The second-order valence-corrected chi connectivity index (χ2v) is 8.75. The smallest absolute Gasteiger partial charge is 0.317 e. The molecule has 0 bridgehead atoms. The van der Waals surface area contributed by atoms with Crippen LogP contribution in [0.2, 0.25) is 0 Å². The number of amides is 2. The molecule has 1 aromatic carbocycles. The van der Waals surface area contributed by atoms with E-state index in [1.807, 2.05) is 6.92 Å².